The minimum Gasteiger partial charge on any atom is -0.382 e. The number of carbonyl (C=O) groups is 1. The summed E-state index contributed by atoms with van der Waals surface area (Å²) in [5.41, 5.74) is 5.19. The van der Waals surface area contributed by atoms with Crippen LogP contribution < -0.4 is 11.1 Å². The maximum absolute atomic E-state index is 12.7. The largest absolute Gasteiger partial charge is 0.416 e. The summed E-state index contributed by atoms with van der Waals surface area (Å²) in [5.74, 6) is -0.652. The quantitative estimate of drug-likeness (QED) is 0.765. The molecule has 9 heteroatoms. The van der Waals surface area contributed by atoms with Crippen molar-refractivity contribution >= 4 is 33.3 Å². The highest BCUT2D eigenvalue weighted by molar-refractivity contribution is 9.10. The van der Waals surface area contributed by atoms with Crippen LogP contribution >= 0.6 is 15.9 Å². The summed E-state index contributed by atoms with van der Waals surface area (Å²) in [5, 5.41) is 8.55. The van der Waals surface area contributed by atoms with Gasteiger partial charge in [0.2, 0.25) is 0 Å². The molecule has 112 valence electrons. The van der Waals surface area contributed by atoms with E-state index in [9.17, 15) is 18.0 Å². The second-order valence-corrected chi connectivity index (χ2v) is 5.20. The number of nitrogens with zero attached hydrogens (tertiary/aromatic N) is 1. The number of aromatic amines is 1. The van der Waals surface area contributed by atoms with Crippen molar-refractivity contribution in [3.63, 3.8) is 0 Å². The van der Waals surface area contributed by atoms with Gasteiger partial charge in [0.25, 0.3) is 5.91 Å². The highest BCUT2D eigenvalue weighted by atomic mass is 79.9. The second-order valence-electron chi connectivity index (χ2n) is 4.29. The lowest BCUT2D eigenvalue weighted by atomic mass is 10.1. The van der Waals surface area contributed by atoms with Gasteiger partial charge in [0.05, 0.1) is 5.56 Å². The number of benzene rings is 1. The first-order valence-corrected chi connectivity index (χ1v) is 6.47. The average Bonchev–Trinajstić information content (AvgIpc) is 2.67. The van der Waals surface area contributed by atoms with Gasteiger partial charge in [-0.25, -0.2) is 0 Å². The van der Waals surface area contributed by atoms with E-state index in [0.717, 1.165) is 12.1 Å². The standard InChI is InChI=1S/C12H10BrF3N4O/c1-5-9(10(17)20-19-5)11(21)18-8-3-6(12(14,15)16)2-7(13)4-8/h2-4H,1H3,(H,18,21)(H3,17,19,20). The van der Waals surface area contributed by atoms with Crippen LogP contribution in [0.1, 0.15) is 21.6 Å². The molecule has 0 unspecified atom stereocenters. The number of aromatic nitrogens is 2. The Kier molecular flexibility index (Phi) is 3.95. The molecule has 0 aliphatic rings. The van der Waals surface area contributed by atoms with Crippen LogP contribution in [0.25, 0.3) is 0 Å². The highest BCUT2D eigenvalue weighted by Gasteiger charge is 2.31. The third-order valence-electron chi connectivity index (χ3n) is 2.69. The van der Waals surface area contributed by atoms with Gasteiger partial charge in [0.1, 0.15) is 5.56 Å². The van der Waals surface area contributed by atoms with Gasteiger partial charge in [-0.05, 0) is 25.1 Å². The zero-order valence-corrected chi connectivity index (χ0v) is 12.3. The number of nitrogens with two attached hydrogens (primary N) is 1. The molecule has 1 heterocycles. The van der Waals surface area contributed by atoms with Crippen molar-refractivity contribution in [2.24, 2.45) is 0 Å². The summed E-state index contributed by atoms with van der Waals surface area (Å²) in [6, 6.07) is 3.13. The monoisotopic (exact) mass is 362 g/mol. The maximum Gasteiger partial charge on any atom is 0.416 e. The maximum atomic E-state index is 12.7. The third kappa shape index (κ3) is 3.35. The summed E-state index contributed by atoms with van der Waals surface area (Å²) in [7, 11) is 0. The summed E-state index contributed by atoms with van der Waals surface area (Å²) < 4.78 is 38.4. The van der Waals surface area contributed by atoms with E-state index in [1.165, 1.54) is 6.07 Å². The van der Waals surface area contributed by atoms with Crippen molar-refractivity contribution in [1.29, 1.82) is 0 Å². The summed E-state index contributed by atoms with van der Waals surface area (Å²) in [4.78, 5) is 12.0. The van der Waals surface area contributed by atoms with Crippen molar-refractivity contribution in [1.82, 2.24) is 10.2 Å². The van der Waals surface area contributed by atoms with Crippen molar-refractivity contribution in [3.8, 4) is 0 Å². The number of nitrogens with one attached hydrogen (secondary N) is 2. The minimum absolute atomic E-state index is 0.00157. The Bertz CT molecular complexity index is 677. The van der Waals surface area contributed by atoms with E-state index >= 15 is 0 Å². The molecule has 4 N–H and O–H groups in total. The van der Waals surface area contributed by atoms with Gasteiger partial charge in [-0.1, -0.05) is 15.9 Å². The Labute approximate surface area is 125 Å². The molecule has 1 amide bonds. The zero-order chi connectivity index (χ0) is 15.8. The van der Waals surface area contributed by atoms with Gasteiger partial charge in [0, 0.05) is 15.9 Å². The normalized spacial score (nSPS) is 11.5. The van der Waals surface area contributed by atoms with Gasteiger partial charge in [-0.3, -0.25) is 9.89 Å². The summed E-state index contributed by atoms with van der Waals surface area (Å²) in [6.07, 6.45) is -4.51. The van der Waals surface area contributed by atoms with E-state index in [1.807, 2.05) is 0 Å². The Morgan fingerprint density at radius 1 is 1.38 bits per heavy atom. The van der Waals surface area contributed by atoms with Crippen molar-refractivity contribution in [3.05, 3.63) is 39.5 Å². The van der Waals surface area contributed by atoms with Crippen LogP contribution in [0.2, 0.25) is 0 Å². The van der Waals surface area contributed by atoms with E-state index < -0.39 is 17.6 Å². The van der Waals surface area contributed by atoms with Crippen LogP contribution in [-0.4, -0.2) is 16.1 Å². The van der Waals surface area contributed by atoms with Gasteiger partial charge in [0.15, 0.2) is 5.82 Å². The molecule has 1 aromatic heterocycles. The van der Waals surface area contributed by atoms with Crippen LogP contribution in [0.3, 0.4) is 0 Å². The van der Waals surface area contributed by atoms with Gasteiger partial charge >= 0.3 is 6.18 Å². The first-order valence-electron chi connectivity index (χ1n) is 5.68. The number of nitrogen functional groups attached to an aromatic ring is 1. The van der Waals surface area contributed by atoms with E-state index in [0.29, 0.717) is 5.69 Å². The molecule has 5 nitrogen and oxygen atoms in total. The highest BCUT2D eigenvalue weighted by Crippen LogP contribution is 2.33. The molecule has 0 saturated carbocycles. The Balaban J connectivity index is 2.32. The first-order chi connectivity index (χ1) is 9.68. The molecule has 0 aliphatic heterocycles. The van der Waals surface area contributed by atoms with Crippen molar-refractivity contribution < 1.29 is 18.0 Å². The number of H-pyrrole nitrogens is 1. The topological polar surface area (TPSA) is 83.8 Å². The van der Waals surface area contributed by atoms with Crippen LogP contribution in [0, 0.1) is 6.92 Å². The number of alkyl halides is 3. The van der Waals surface area contributed by atoms with E-state index in [-0.39, 0.29) is 21.5 Å². The van der Waals surface area contributed by atoms with Crippen LogP contribution in [0.15, 0.2) is 22.7 Å². The van der Waals surface area contributed by atoms with E-state index in [2.05, 4.69) is 31.4 Å². The van der Waals surface area contributed by atoms with Gasteiger partial charge < -0.3 is 11.1 Å². The fraction of sp³-hybridized carbons (Fsp3) is 0.167. The van der Waals surface area contributed by atoms with Crippen molar-refractivity contribution in [2.45, 2.75) is 13.1 Å². The number of carbonyl (C=O) groups excluding carboxylic acids is 1. The zero-order valence-electron chi connectivity index (χ0n) is 10.7. The van der Waals surface area contributed by atoms with Gasteiger partial charge in [-0.2, -0.15) is 18.3 Å². The van der Waals surface area contributed by atoms with Crippen molar-refractivity contribution in [2.75, 3.05) is 11.1 Å². The Morgan fingerprint density at radius 3 is 2.57 bits per heavy atom. The average molecular weight is 363 g/mol. The fourth-order valence-corrected chi connectivity index (χ4v) is 2.25. The lowest BCUT2D eigenvalue weighted by molar-refractivity contribution is -0.137. The van der Waals surface area contributed by atoms with Crippen LogP contribution in [0.5, 0.6) is 0 Å². The number of rotatable bonds is 2. The molecule has 2 rings (SSSR count). The predicted octanol–water partition coefficient (Wildman–Crippen LogP) is 3.33. The predicted molar refractivity (Wildman–Crippen MR) is 74.8 cm³/mol. The lowest BCUT2D eigenvalue weighted by Crippen LogP contribution is -2.15. The molecule has 0 atom stereocenters. The summed E-state index contributed by atoms with van der Waals surface area (Å²) >= 11 is 2.98. The number of halogens is 4. The number of amides is 1. The molecule has 21 heavy (non-hydrogen) atoms. The van der Waals surface area contributed by atoms with E-state index in [4.69, 9.17) is 5.73 Å². The third-order valence-corrected chi connectivity index (χ3v) is 3.14. The van der Waals surface area contributed by atoms with Crippen LogP contribution in [0.4, 0.5) is 24.7 Å². The number of anilines is 2. The number of aryl methyl sites for hydroxylation is 1. The molecule has 1 aromatic carbocycles. The van der Waals surface area contributed by atoms with E-state index in [1.54, 1.807) is 6.92 Å². The SMILES string of the molecule is Cc1[nH]nc(N)c1C(=O)Nc1cc(Br)cc(C(F)(F)F)c1. The molecule has 0 fully saturated rings. The second kappa shape index (κ2) is 5.40. The molecule has 0 radical (unpaired) electrons. The Hall–Kier alpha value is -2.03. The fourth-order valence-electron chi connectivity index (χ4n) is 1.75. The molecule has 0 bridgehead atoms. The van der Waals surface area contributed by atoms with Gasteiger partial charge in [-0.15, -0.1) is 0 Å². The lowest BCUT2D eigenvalue weighted by Gasteiger charge is -2.11. The smallest absolute Gasteiger partial charge is 0.382 e. The number of hydrogen-bond donors (Lipinski definition) is 3. The summed E-state index contributed by atoms with van der Waals surface area (Å²) in [6.45, 7) is 1.58. The molecular weight excluding hydrogens is 353 g/mol. The first kappa shape index (κ1) is 15.4. The molecule has 0 saturated heterocycles. The van der Waals surface area contributed by atoms with Crippen LogP contribution in [-0.2, 0) is 6.18 Å². The number of hydrogen-bond acceptors (Lipinski definition) is 3. The molecule has 0 aliphatic carbocycles. The molecular formula is C12H10BrF3N4O. The minimum atomic E-state index is -4.51. The Morgan fingerprint density at radius 2 is 2.05 bits per heavy atom. The molecule has 0 spiro atoms. The molecule has 2 aromatic rings.